The Bertz CT molecular complexity index is 575. The highest BCUT2D eigenvalue weighted by Gasteiger charge is 2.16. The van der Waals surface area contributed by atoms with Crippen LogP contribution in [0.15, 0.2) is 5.38 Å². The van der Waals surface area contributed by atoms with E-state index in [1.165, 1.54) is 11.5 Å². The van der Waals surface area contributed by atoms with Crippen molar-refractivity contribution in [2.24, 2.45) is 7.05 Å². The lowest BCUT2D eigenvalue weighted by atomic mass is 10.1. The molecule has 7 heteroatoms. The van der Waals surface area contributed by atoms with Crippen molar-refractivity contribution in [1.29, 1.82) is 0 Å². The van der Waals surface area contributed by atoms with E-state index >= 15 is 0 Å². The van der Waals surface area contributed by atoms with E-state index in [0.717, 1.165) is 22.6 Å². The van der Waals surface area contributed by atoms with Gasteiger partial charge in [0, 0.05) is 23.7 Å². The second kappa shape index (κ2) is 5.48. The number of amides is 1. The number of aryl methyl sites for hydroxylation is 2. The molecule has 19 heavy (non-hydrogen) atoms. The standard InChI is InChI=1S/C12H17N5OS/c1-7-10(9(3)17(4)15-7)5-12(18)13-8(2)11-6-19-16-14-11/h6,8H,5H2,1-4H3,(H,13,18). The van der Waals surface area contributed by atoms with E-state index in [-0.39, 0.29) is 11.9 Å². The SMILES string of the molecule is Cc1nn(C)c(C)c1CC(=O)NC(C)c1csnn1. The van der Waals surface area contributed by atoms with Gasteiger partial charge in [0.15, 0.2) is 0 Å². The number of aromatic nitrogens is 4. The molecule has 2 rings (SSSR count). The van der Waals surface area contributed by atoms with Gasteiger partial charge in [-0.3, -0.25) is 9.48 Å². The van der Waals surface area contributed by atoms with Gasteiger partial charge in [0.1, 0.15) is 0 Å². The smallest absolute Gasteiger partial charge is 0.225 e. The van der Waals surface area contributed by atoms with Gasteiger partial charge in [0.25, 0.3) is 0 Å². The van der Waals surface area contributed by atoms with Gasteiger partial charge in [0.05, 0.1) is 23.9 Å². The molecule has 2 aromatic rings. The van der Waals surface area contributed by atoms with Crippen molar-refractivity contribution in [3.8, 4) is 0 Å². The zero-order valence-corrected chi connectivity index (χ0v) is 12.3. The van der Waals surface area contributed by atoms with E-state index in [2.05, 4.69) is 20.0 Å². The highest BCUT2D eigenvalue weighted by molar-refractivity contribution is 7.03. The van der Waals surface area contributed by atoms with E-state index < -0.39 is 0 Å². The van der Waals surface area contributed by atoms with Gasteiger partial charge in [-0.25, -0.2) is 0 Å². The monoisotopic (exact) mass is 279 g/mol. The Labute approximate surface area is 116 Å². The number of carbonyl (C=O) groups is 1. The van der Waals surface area contributed by atoms with Crippen LogP contribution in [0.5, 0.6) is 0 Å². The normalized spacial score (nSPS) is 12.4. The van der Waals surface area contributed by atoms with Crippen LogP contribution in [0.1, 0.15) is 35.6 Å². The predicted octanol–water partition coefficient (Wildman–Crippen LogP) is 1.31. The molecule has 2 aromatic heterocycles. The minimum Gasteiger partial charge on any atom is -0.348 e. The largest absolute Gasteiger partial charge is 0.348 e. The van der Waals surface area contributed by atoms with Crippen LogP contribution in [0.25, 0.3) is 0 Å². The fourth-order valence-electron chi connectivity index (χ4n) is 1.96. The molecule has 0 aliphatic rings. The third kappa shape index (κ3) is 2.98. The molecule has 1 unspecified atom stereocenters. The van der Waals surface area contributed by atoms with Gasteiger partial charge >= 0.3 is 0 Å². The summed E-state index contributed by atoms with van der Waals surface area (Å²) in [6.07, 6.45) is 0.341. The second-order valence-corrected chi connectivity index (χ2v) is 5.18. The summed E-state index contributed by atoms with van der Waals surface area (Å²) in [6.45, 7) is 5.79. The average Bonchev–Trinajstić information content (AvgIpc) is 2.94. The first-order valence-corrected chi connectivity index (χ1v) is 6.88. The van der Waals surface area contributed by atoms with Gasteiger partial charge in [-0.2, -0.15) is 5.10 Å². The first-order valence-electron chi connectivity index (χ1n) is 6.04. The van der Waals surface area contributed by atoms with Crippen LogP contribution in [0.3, 0.4) is 0 Å². The fraction of sp³-hybridized carbons (Fsp3) is 0.500. The number of carbonyl (C=O) groups excluding carboxylic acids is 1. The van der Waals surface area contributed by atoms with Crippen molar-refractivity contribution >= 4 is 17.4 Å². The summed E-state index contributed by atoms with van der Waals surface area (Å²) < 4.78 is 5.59. The van der Waals surface area contributed by atoms with Crippen molar-refractivity contribution in [3.63, 3.8) is 0 Å². The lowest BCUT2D eigenvalue weighted by molar-refractivity contribution is -0.121. The molecule has 1 amide bonds. The van der Waals surface area contributed by atoms with E-state index in [1.54, 1.807) is 4.68 Å². The molecule has 0 saturated carbocycles. The number of hydrogen-bond donors (Lipinski definition) is 1. The molecule has 0 aliphatic carbocycles. The maximum Gasteiger partial charge on any atom is 0.225 e. The molecule has 0 radical (unpaired) electrons. The number of rotatable bonds is 4. The summed E-state index contributed by atoms with van der Waals surface area (Å²) in [4.78, 5) is 12.0. The zero-order chi connectivity index (χ0) is 14.0. The van der Waals surface area contributed by atoms with Crippen molar-refractivity contribution < 1.29 is 4.79 Å². The topological polar surface area (TPSA) is 72.7 Å². The molecule has 0 fully saturated rings. The predicted molar refractivity (Wildman–Crippen MR) is 72.9 cm³/mol. The van der Waals surface area contributed by atoms with Crippen molar-refractivity contribution in [3.05, 3.63) is 28.0 Å². The van der Waals surface area contributed by atoms with Crippen LogP contribution < -0.4 is 5.32 Å². The molecule has 1 N–H and O–H groups in total. The highest BCUT2D eigenvalue weighted by atomic mass is 32.1. The quantitative estimate of drug-likeness (QED) is 0.916. The summed E-state index contributed by atoms with van der Waals surface area (Å²) in [5.74, 6) is -0.0281. The van der Waals surface area contributed by atoms with Crippen molar-refractivity contribution in [2.45, 2.75) is 33.2 Å². The highest BCUT2D eigenvalue weighted by Crippen LogP contribution is 2.14. The van der Waals surface area contributed by atoms with Crippen LogP contribution in [0.2, 0.25) is 0 Å². The Kier molecular flexibility index (Phi) is 3.94. The van der Waals surface area contributed by atoms with E-state index in [4.69, 9.17) is 0 Å². The zero-order valence-electron chi connectivity index (χ0n) is 11.5. The Morgan fingerprint density at radius 2 is 2.26 bits per heavy atom. The molecule has 102 valence electrons. The van der Waals surface area contributed by atoms with Crippen molar-refractivity contribution in [2.75, 3.05) is 0 Å². The first-order chi connectivity index (χ1) is 8.99. The lowest BCUT2D eigenvalue weighted by Crippen LogP contribution is -2.28. The van der Waals surface area contributed by atoms with Crippen LogP contribution in [0, 0.1) is 13.8 Å². The second-order valence-electron chi connectivity index (χ2n) is 4.57. The van der Waals surface area contributed by atoms with Gasteiger partial charge in [-0.1, -0.05) is 4.49 Å². The maximum atomic E-state index is 12.0. The third-order valence-electron chi connectivity index (χ3n) is 3.19. The minimum atomic E-state index is -0.122. The number of nitrogens with one attached hydrogen (secondary N) is 1. The molecule has 0 bridgehead atoms. The molecule has 2 heterocycles. The molecule has 0 spiro atoms. The van der Waals surface area contributed by atoms with Gasteiger partial charge < -0.3 is 5.32 Å². The molecule has 0 aromatic carbocycles. The molecular weight excluding hydrogens is 262 g/mol. The molecule has 6 nitrogen and oxygen atoms in total. The van der Waals surface area contributed by atoms with Gasteiger partial charge in [-0.05, 0) is 32.3 Å². The summed E-state index contributed by atoms with van der Waals surface area (Å²) >= 11 is 1.28. The Hall–Kier alpha value is -1.76. The lowest BCUT2D eigenvalue weighted by Gasteiger charge is -2.11. The Balaban J connectivity index is 2.02. The van der Waals surface area contributed by atoms with Crippen molar-refractivity contribution in [1.82, 2.24) is 24.7 Å². The minimum absolute atomic E-state index is 0.0281. The molecular formula is C12H17N5OS. The third-order valence-corrected chi connectivity index (χ3v) is 3.72. The van der Waals surface area contributed by atoms with Gasteiger partial charge in [0.2, 0.25) is 5.91 Å². The summed E-state index contributed by atoms with van der Waals surface area (Å²) in [7, 11) is 1.88. The van der Waals surface area contributed by atoms with Crippen LogP contribution in [-0.2, 0) is 18.3 Å². The molecule has 0 saturated heterocycles. The van der Waals surface area contributed by atoms with E-state index in [9.17, 15) is 4.79 Å². The van der Waals surface area contributed by atoms with Crippen LogP contribution in [-0.4, -0.2) is 25.3 Å². The van der Waals surface area contributed by atoms with E-state index in [1.807, 2.05) is 33.2 Å². The fourth-order valence-corrected chi connectivity index (χ4v) is 2.51. The van der Waals surface area contributed by atoms with Gasteiger partial charge in [-0.15, -0.1) is 5.10 Å². The average molecular weight is 279 g/mol. The van der Waals surface area contributed by atoms with Crippen LogP contribution >= 0.6 is 11.5 Å². The Morgan fingerprint density at radius 1 is 1.53 bits per heavy atom. The first kappa shape index (κ1) is 13.7. The maximum absolute atomic E-state index is 12.0. The number of hydrogen-bond acceptors (Lipinski definition) is 5. The van der Waals surface area contributed by atoms with Crippen LogP contribution in [0.4, 0.5) is 0 Å². The summed E-state index contributed by atoms with van der Waals surface area (Å²) in [6, 6.07) is -0.122. The summed E-state index contributed by atoms with van der Waals surface area (Å²) in [5.41, 5.74) is 3.70. The summed E-state index contributed by atoms with van der Waals surface area (Å²) in [5, 5.41) is 13.0. The number of nitrogens with zero attached hydrogens (tertiary/aromatic N) is 4. The molecule has 1 atom stereocenters. The van der Waals surface area contributed by atoms with E-state index in [0.29, 0.717) is 6.42 Å². The Morgan fingerprint density at radius 3 is 2.79 bits per heavy atom. The molecule has 0 aliphatic heterocycles.